The molecule has 1 atom stereocenters. The molecule has 0 fully saturated rings. The summed E-state index contributed by atoms with van der Waals surface area (Å²) in [4.78, 5) is 12.5. The molecular formula is C22H22ClN3O. The Balaban J connectivity index is 1.46. The molecule has 1 amide bonds. The number of rotatable bonds is 5. The van der Waals surface area contributed by atoms with Crippen molar-refractivity contribution in [1.29, 1.82) is 0 Å². The van der Waals surface area contributed by atoms with Crippen LogP contribution in [-0.4, -0.2) is 15.7 Å². The smallest absolute Gasteiger partial charge is 0.224 e. The molecule has 4 nitrogen and oxygen atoms in total. The lowest BCUT2D eigenvalue weighted by atomic mass is 9.92. The fourth-order valence-electron chi connectivity index (χ4n) is 3.74. The Bertz CT molecular complexity index is 936. The molecule has 0 spiro atoms. The topological polar surface area (TPSA) is 46.9 Å². The molecule has 1 aliphatic rings. The van der Waals surface area contributed by atoms with E-state index in [1.165, 1.54) is 11.3 Å². The average molecular weight is 380 g/mol. The first-order valence-electron chi connectivity index (χ1n) is 9.31. The highest BCUT2D eigenvalue weighted by atomic mass is 35.5. The Labute approximate surface area is 164 Å². The Morgan fingerprint density at radius 1 is 1.15 bits per heavy atom. The van der Waals surface area contributed by atoms with E-state index in [9.17, 15) is 4.79 Å². The summed E-state index contributed by atoms with van der Waals surface area (Å²) in [7, 11) is 0. The van der Waals surface area contributed by atoms with Crippen molar-refractivity contribution >= 4 is 17.5 Å². The fourth-order valence-corrected chi connectivity index (χ4v) is 3.95. The normalized spacial score (nSPS) is 16.0. The molecule has 1 heterocycles. The molecule has 3 aromatic rings. The van der Waals surface area contributed by atoms with Gasteiger partial charge in [0.05, 0.1) is 25.2 Å². The van der Waals surface area contributed by atoms with Gasteiger partial charge in [-0.1, -0.05) is 54.1 Å². The summed E-state index contributed by atoms with van der Waals surface area (Å²) >= 11 is 6.01. The van der Waals surface area contributed by atoms with Crippen molar-refractivity contribution in [3.8, 4) is 0 Å². The van der Waals surface area contributed by atoms with E-state index in [1.807, 2.05) is 48.7 Å². The second-order valence-electron chi connectivity index (χ2n) is 7.01. The number of nitrogens with zero attached hydrogens (tertiary/aromatic N) is 2. The SMILES string of the molecule is O=C(Cc1cccc(Cl)c1)NC1CCCc2c1cnn2Cc1ccccc1. The van der Waals surface area contributed by atoms with Gasteiger partial charge in [-0.3, -0.25) is 9.48 Å². The minimum absolute atomic E-state index is 0.0194. The number of fused-ring (bicyclic) bond motifs is 1. The first-order chi connectivity index (χ1) is 13.2. The van der Waals surface area contributed by atoms with Crippen molar-refractivity contribution in [3.05, 3.63) is 88.2 Å². The second kappa shape index (κ2) is 7.97. The number of hydrogen-bond donors (Lipinski definition) is 1. The molecule has 1 aliphatic carbocycles. The van der Waals surface area contributed by atoms with Crippen LogP contribution in [0.4, 0.5) is 0 Å². The average Bonchev–Trinajstić information content (AvgIpc) is 3.06. The molecule has 138 valence electrons. The highest BCUT2D eigenvalue weighted by Crippen LogP contribution is 2.30. The first kappa shape index (κ1) is 17.8. The van der Waals surface area contributed by atoms with E-state index in [0.717, 1.165) is 36.9 Å². The molecule has 1 unspecified atom stereocenters. The second-order valence-corrected chi connectivity index (χ2v) is 7.45. The van der Waals surface area contributed by atoms with Gasteiger partial charge in [0, 0.05) is 16.3 Å². The molecule has 0 saturated carbocycles. The van der Waals surface area contributed by atoms with Gasteiger partial charge in [0.25, 0.3) is 0 Å². The van der Waals surface area contributed by atoms with E-state index in [-0.39, 0.29) is 11.9 Å². The van der Waals surface area contributed by atoms with Crippen LogP contribution in [0.1, 0.15) is 41.3 Å². The largest absolute Gasteiger partial charge is 0.349 e. The van der Waals surface area contributed by atoms with Crippen molar-refractivity contribution in [1.82, 2.24) is 15.1 Å². The molecule has 1 aromatic heterocycles. The van der Waals surface area contributed by atoms with E-state index < -0.39 is 0 Å². The Hall–Kier alpha value is -2.59. The number of amides is 1. The van der Waals surface area contributed by atoms with Crippen molar-refractivity contribution in [2.75, 3.05) is 0 Å². The van der Waals surface area contributed by atoms with Crippen molar-refractivity contribution in [3.63, 3.8) is 0 Å². The number of carbonyl (C=O) groups excluding carboxylic acids is 1. The quantitative estimate of drug-likeness (QED) is 0.717. The number of aromatic nitrogens is 2. The van der Waals surface area contributed by atoms with Gasteiger partial charge in [-0.2, -0.15) is 5.10 Å². The van der Waals surface area contributed by atoms with Gasteiger partial charge >= 0.3 is 0 Å². The predicted octanol–water partition coefficient (Wildman–Crippen LogP) is 4.32. The zero-order valence-corrected chi connectivity index (χ0v) is 15.8. The van der Waals surface area contributed by atoms with Crippen LogP contribution in [0.5, 0.6) is 0 Å². The zero-order chi connectivity index (χ0) is 18.6. The Morgan fingerprint density at radius 3 is 2.78 bits per heavy atom. The van der Waals surface area contributed by atoms with Crippen molar-refractivity contribution in [2.24, 2.45) is 0 Å². The van der Waals surface area contributed by atoms with Gasteiger partial charge in [0.1, 0.15) is 0 Å². The summed E-state index contributed by atoms with van der Waals surface area (Å²) in [6, 6.07) is 17.8. The van der Waals surface area contributed by atoms with Crippen LogP contribution in [0.15, 0.2) is 60.8 Å². The monoisotopic (exact) mass is 379 g/mol. The van der Waals surface area contributed by atoms with Crippen LogP contribution in [0.3, 0.4) is 0 Å². The number of carbonyl (C=O) groups is 1. The minimum atomic E-state index is 0.0194. The van der Waals surface area contributed by atoms with Gasteiger partial charge < -0.3 is 5.32 Å². The van der Waals surface area contributed by atoms with Gasteiger partial charge in [-0.25, -0.2) is 0 Å². The standard InChI is InChI=1S/C22H22ClN3O/c23-18-9-4-8-17(12-18)13-22(27)25-20-10-5-11-21-19(20)14-24-26(21)15-16-6-2-1-3-7-16/h1-4,6-9,12,14,20H,5,10-11,13,15H2,(H,25,27). The molecule has 0 saturated heterocycles. The molecule has 2 aromatic carbocycles. The highest BCUT2D eigenvalue weighted by Gasteiger charge is 2.25. The molecule has 0 aliphatic heterocycles. The van der Waals surface area contributed by atoms with E-state index in [0.29, 0.717) is 11.4 Å². The maximum atomic E-state index is 12.5. The van der Waals surface area contributed by atoms with Crippen LogP contribution in [0.2, 0.25) is 5.02 Å². The van der Waals surface area contributed by atoms with Crippen LogP contribution in [-0.2, 0) is 24.2 Å². The fraction of sp³-hybridized carbons (Fsp3) is 0.273. The highest BCUT2D eigenvalue weighted by molar-refractivity contribution is 6.30. The first-order valence-corrected chi connectivity index (χ1v) is 9.69. The van der Waals surface area contributed by atoms with Crippen LogP contribution in [0.25, 0.3) is 0 Å². The molecule has 0 bridgehead atoms. The summed E-state index contributed by atoms with van der Waals surface area (Å²) in [6.07, 6.45) is 5.26. The maximum Gasteiger partial charge on any atom is 0.224 e. The molecular weight excluding hydrogens is 358 g/mol. The van der Waals surface area contributed by atoms with Crippen molar-refractivity contribution in [2.45, 2.75) is 38.3 Å². The van der Waals surface area contributed by atoms with Crippen LogP contribution >= 0.6 is 11.6 Å². The predicted molar refractivity (Wildman–Crippen MR) is 107 cm³/mol. The number of benzene rings is 2. The third kappa shape index (κ3) is 4.22. The van der Waals surface area contributed by atoms with Gasteiger partial charge in [0.15, 0.2) is 0 Å². The summed E-state index contributed by atoms with van der Waals surface area (Å²) < 4.78 is 2.07. The van der Waals surface area contributed by atoms with Crippen molar-refractivity contribution < 1.29 is 4.79 Å². The molecule has 5 heteroatoms. The molecule has 4 rings (SSSR count). The molecule has 0 radical (unpaired) electrons. The molecule has 27 heavy (non-hydrogen) atoms. The lowest BCUT2D eigenvalue weighted by Crippen LogP contribution is -2.32. The van der Waals surface area contributed by atoms with E-state index >= 15 is 0 Å². The Kier molecular flexibility index (Phi) is 5.26. The lowest BCUT2D eigenvalue weighted by molar-refractivity contribution is -0.121. The summed E-state index contributed by atoms with van der Waals surface area (Å²) in [5.74, 6) is 0.0194. The van der Waals surface area contributed by atoms with Crippen LogP contribution in [0, 0.1) is 0 Å². The maximum absolute atomic E-state index is 12.5. The number of nitrogens with one attached hydrogen (secondary N) is 1. The summed E-state index contributed by atoms with van der Waals surface area (Å²) in [5, 5.41) is 8.43. The van der Waals surface area contributed by atoms with E-state index in [4.69, 9.17) is 11.6 Å². The summed E-state index contributed by atoms with van der Waals surface area (Å²) in [6.45, 7) is 0.763. The third-order valence-electron chi connectivity index (χ3n) is 5.03. The van der Waals surface area contributed by atoms with E-state index in [2.05, 4.69) is 27.2 Å². The minimum Gasteiger partial charge on any atom is -0.349 e. The Morgan fingerprint density at radius 2 is 1.96 bits per heavy atom. The van der Waals surface area contributed by atoms with Gasteiger partial charge in [0.2, 0.25) is 5.91 Å². The van der Waals surface area contributed by atoms with Crippen LogP contribution < -0.4 is 5.32 Å². The van der Waals surface area contributed by atoms with Gasteiger partial charge in [-0.05, 0) is 42.5 Å². The lowest BCUT2D eigenvalue weighted by Gasteiger charge is -2.24. The molecule has 1 N–H and O–H groups in total. The van der Waals surface area contributed by atoms with Gasteiger partial charge in [-0.15, -0.1) is 0 Å². The number of hydrogen-bond acceptors (Lipinski definition) is 2. The summed E-state index contributed by atoms with van der Waals surface area (Å²) in [5.41, 5.74) is 4.54. The number of halogens is 1. The van der Waals surface area contributed by atoms with E-state index in [1.54, 1.807) is 0 Å². The third-order valence-corrected chi connectivity index (χ3v) is 5.26. The zero-order valence-electron chi connectivity index (χ0n) is 15.1.